The van der Waals surface area contributed by atoms with Crippen LogP contribution in [0.5, 0.6) is 0 Å². The zero-order valence-electron chi connectivity index (χ0n) is 35.5. The molecule has 0 amide bonds. The molecule has 64 heavy (non-hydrogen) atoms. The number of nitrogens with zero attached hydrogens (tertiary/aromatic N) is 4. The molecule has 10 aromatic rings. The van der Waals surface area contributed by atoms with E-state index in [1.807, 2.05) is 24.3 Å². The van der Waals surface area contributed by atoms with Crippen LogP contribution in [0.4, 0.5) is 0 Å². The summed E-state index contributed by atoms with van der Waals surface area (Å²) >= 11 is 12.7. The minimum atomic E-state index is 0. The molecule has 0 spiro atoms. The Morgan fingerprint density at radius 3 is 1.23 bits per heavy atom. The van der Waals surface area contributed by atoms with Crippen molar-refractivity contribution in [1.29, 1.82) is 0 Å². The van der Waals surface area contributed by atoms with Crippen molar-refractivity contribution in [2.24, 2.45) is 0 Å². The molecule has 0 saturated carbocycles. The molecule has 2 N–H and O–H groups in total. The van der Waals surface area contributed by atoms with Crippen molar-refractivity contribution in [3.05, 3.63) is 202 Å². The molecule has 0 bridgehead atoms. The van der Waals surface area contributed by atoms with E-state index in [4.69, 9.17) is 33.2 Å². The van der Waals surface area contributed by atoms with Crippen LogP contribution >= 0.6 is 35.6 Å². The van der Waals surface area contributed by atoms with Crippen LogP contribution < -0.4 is 10.6 Å². The van der Waals surface area contributed by atoms with Crippen LogP contribution in [0.3, 0.4) is 0 Å². The van der Waals surface area contributed by atoms with Crippen LogP contribution in [0, 0.1) is 0 Å². The van der Waals surface area contributed by atoms with Gasteiger partial charge in [-0.15, -0.1) is 12.4 Å². The number of aromatic nitrogens is 4. The smallest absolute Gasteiger partial charge is 0.0949 e. The summed E-state index contributed by atoms with van der Waals surface area (Å²) < 4.78 is 4.83. The van der Waals surface area contributed by atoms with Gasteiger partial charge in [-0.1, -0.05) is 151 Å². The highest BCUT2D eigenvalue weighted by molar-refractivity contribution is 6.31. The largest absolute Gasteiger partial charge is 0.334 e. The van der Waals surface area contributed by atoms with Gasteiger partial charge in [-0.2, -0.15) is 0 Å². The van der Waals surface area contributed by atoms with Crippen LogP contribution in [0.1, 0.15) is 41.8 Å². The average molecular weight is 900 g/mol. The van der Waals surface area contributed by atoms with Gasteiger partial charge in [0.1, 0.15) is 0 Å². The van der Waals surface area contributed by atoms with Crippen LogP contribution in [0.25, 0.3) is 66.1 Å². The van der Waals surface area contributed by atoms with Crippen LogP contribution in [0.2, 0.25) is 10.0 Å². The Hall–Kier alpha value is -5.99. The number of fused-ring (bicyclic) bond motifs is 6. The lowest BCUT2D eigenvalue weighted by molar-refractivity contribution is 0.567. The van der Waals surface area contributed by atoms with Gasteiger partial charge in [-0.25, -0.2) is 9.97 Å². The lowest BCUT2D eigenvalue weighted by Gasteiger charge is -2.13. The number of unbranched alkanes of at least 4 members (excludes halogenated alkanes) is 2. The second-order valence-electron chi connectivity index (χ2n) is 16.3. The first-order chi connectivity index (χ1) is 31.1. The quantitative estimate of drug-likeness (QED) is 0.0949. The molecule has 0 atom stereocenters. The van der Waals surface area contributed by atoms with E-state index in [0.717, 1.165) is 90.4 Å². The highest BCUT2D eigenvalue weighted by Crippen LogP contribution is 2.38. The van der Waals surface area contributed by atoms with Gasteiger partial charge in [0.25, 0.3) is 0 Å². The fourth-order valence-electron chi connectivity index (χ4n) is 9.02. The van der Waals surface area contributed by atoms with Crippen LogP contribution in [-0.4, -0.2) is 32.2 Å². The molecular formula is C55H49Cl3N6. The number of hydrogen-bond donors (Lipinski definition) is 2. The van der Waals surface area contributed by atoms with Gasteiger partial charge in [0.15, 0.2) is 0 Å². The molecule has 4 heterocycles. The van der Waals surface area contributed by atoms with Gasteiger partial charge in [-0.3, -0.25) is 0 Å². The van der Waals surface area contributed by atoms with E-state index in [1.54, 1.807) is 0 Å². The summed E-state index contributed by atoms with van der Waals surface area (Å²) in [6, 6.07) is 59.4. The van der Waals surface area contributed by atoms with E-state index in [0.29, 0.717) is 23.1 Å². The van der Waals surface area contributed by atoms with E-state index >= 15 is 0 Å². The molecule has 10 rings (SSSR count). The van der Waals surface area contributed by atoms with Crippen LogP contribution in [-0.2, 0) is 26.2 Å². The molecule has 0 fully saturated rings. The molecule has 0 aliphatic heterocycles. The van der Waals surface area contributed by atoms with E-state index in [-0.39, 0.29) is 12.4 Å². The zero-order chi connectivity index (χ0) is 42.5. The molecule has 9 heteroatoms. The predicted octanol–water partition coefficient (Wildman–Crippen LogP) is 13.9. The third-order valence-corrected chi connectivity index (χ3v) is 12.5. The SMILES string of the molecule is Cl.Clc1ccc(-c2nc(CNCCCCCNCc3cc4c5ccccc5n(Cc5ccccc5)c4c(-c4ccc(Cl)cc4)n3)cc3c4ccccc4n(Cc4ccccc4)c23)cc1. The lowest BCUT2D eigenvalue weighted by Crippen LogP contribution is -2.18. The van der Waals surface area contributed by atoms with Crippen molar-refractivity contribution < 1.29 is 0 Å². The standard InChI is InChI=1S/C55H48Cl2N6.ClH/c56-42-26-22-40(23-27-42)52-54-48(46-18-8-10-20-50(46)62(54)36-38-14-4-1-5-15-38)32-44(60-52)34-58-30-12-3-13-31-59-35-45-33-49-47-19-9-11-21-51(47)63(37-39-16-6-2-7-17-39)55(49)53(61-45)41-24-28-43(57)29-25-41;/h1-2,4-11,14-29,32-33,58-59H,3,12-13,30-31,34-37H2;1H. The minimum absolute atomic E-state index is 0. The highest BCUT2D eigenvalue weighted by atomic mass is 35.5. The first-order valence-electron chi connectivity index (χ1n) is 21.9. The van der Waals surface area contributed by atoms with Gasteiger partial charge >= 0.3 is 0 Å². The Kier molecular flexibility index (Phi) is 13.4. The Morgan fingerprint density at radius 2 is 0.812 bits per heavy atom. The van der Waals surface area contributed by atoms with E-state index < -0.39 is 0 Å². The molecular weight excluding hydrogens is 851 g/mol. The maximum Gasteiger partial charge on any atom is 0.0949 e. The summed E-state index contributed by atoms with van der Waals surface area (Å²) in [5.74, 6) is 0. The first kappa shape index (κ1) is 43.3. The molecule has 0 radical (unpaired) electrons. The van der Waals surface area contributed by atoms with Gasteiger partial charge in [0.2, 0.25) is 0 Å². The van der Waals surface area contributed by atoms with E-state index in [2.05, 4.69) is 165 Å². The molecule has 6 aromatic carbocycles. The molecule has 0 unspecified atom stereocenters. The topological polar surface area (TPSA) is 59.7 Å². The summed E-state index contributed by atoms with van der Waals surface area (Å²) in [6.45, 7) is 4.74. The monoisotopic (exact) mass is 898 g/mol. The summed E-state index contributed by atoms with van der Waals surface area (Å²) in [5, 5.41) is 13.8. The van der Waals surface area contributed by atoms with Crippen molar-refractivity contribution in [2.75, 3.05) is 13.1 Å². The van der Waals surface area contributed by atoms with Crippen LogP contribution in [0.15, 0.2) is 170 Å². The Balaban J connectivity index is 0.00000518. The number of pyridine rings is 2. The summed E-state index contributed by atoms with van der Waals surface area (Å²) in [5.41, 5.74) is 13.3. The number of halogens is 3. The average Bonchev–Trinajstić information content (AvgIpc) is 3.80. The second kappa shape index (κ2) is 19.8. The summed E-state index contributed by atoms with van der Waals surface area (Å²) in [7, 11) is 0. The second-order valence-corrected chi connectivity index (χ2v) is 17.2. The third-order valence-electron chi connectivity index (χ3n) is 12.0. The van der Waals surface area contributed by atoms with Gasteiger partial charge < -0.3 is 19.8 Å². The minimum Gasteiger partial charge on any atom is -0.334 e. The number of hydrogen-bond acceptors (Lipinski definition) is 4. The number of rotatable bonds is 16. The first-order valence-corrected chi connectivity index (χ1v) is 22.7. The van der Waals surface area contributed by atoms with Gasteiger partial charge in [-0.05, 0) is 85.6 Å². The van der Waals surface area contributed by atoms with E-state index in [9.17, 15) is 0 Å². The van der Waals surface area contributed by atoms with Crippen molar-refractivity contribution in [3.8, 4) is 22.5 Å². The molecule has 0 aliphatic carbocycles. The fourth-order valence-corrected chi connectivity index (χ4v) is 9.28. The normalized spacial score (nSPS) is 11.5. The maximum atomic E-state index is 6.36. The van der Waals surface area contributed by atoms with E-state index in [1.165, 1.54) is 43.7 Å². The molecule has 6 nitrogen and oxygen atoms in total. The Labute approximate surface area is 390 Å². The number of benzene rings is 6. The van der Waals surface area contributed by atoms with Crippen molar-refractivity contribution in [2.45, 2.75) is 45.4 Å². The number of nitrogens with one attached hydrogen (secondary N) is 2. The molecule has 0 saturated heterocycles. The molecule has 4 aromatic heterocycles. The van der Waals surface area contributed by atoms with Crippen molar-refractivity contribution in [3.63, 3.8) is 0 Å². The van der Waals surface area contributed by atoms with Crippen molar-refractivity contribution in [1.82, 2.24) is 29.7 Å². The van der Waals surface area contributed by atoms with Gasteiger partial charge in [0, 0.05) is 79.9 Å². The number of para-hydroxylation sites is 2. The Bertz CT molecular complexity index is 2950. The highest BCUT2D eigenvalue weighted by Gasteiger charge is 2.20. The van der Waals surface area contributed by atoms with Gasteiger partial charge in [0.05, 0.1) is 33.8 Å². The third kappa shape index (κ3) is 9.16. The zero-order valence-corrected chi connectivity index (χ0v) is 37.8. The maximum absolute atomic E-state index is 6.36. The fraction of sp³-hybridized carbons (Fsp3) is 0.164. The Morgan fingerprint density at radius 1 is 0.422 bits per heavy atom. The molecule has 0 aliphatic rings. The van der Waals surface area contributed by atoms with Crippen molar-refractivity contribution >= 4 is 79.2 Å². The predicted molar refractivity (Wildman–Crippen MR) is 271 cm³/mol. The molecule has 320 valence electrons. The lowest BCUT2D eigenvalue weighted by atomic mass is 10.1. The summed E-state index contributed by atoms with van der Waals surface area (Å²) in [4.78, 5) is 10.6. The summed E-state index contributed by atoms with van der Waals surface area (Å²) in [6.07, 6.45) is 3.28.